The first-order valence-electron chi connectivity index (χ1n) is 12.1. The van der Waals surface area contributed by atoms with Gasteiger partial charge in [0.25, 0.3) is 0 Å². The Labute approximate surface area is 193 Å². The SMILES string of the molecule is C/C=C\C(=C/C)C(C1=C(O)C2(CCCCC2CCc2ccccc2)OC1=O)C1CC1.C=C. The number of aryl methyl sites for hydroxylation is 1. The molecular weight excluding hydrogens is 396 g/mol. The van der Waals surface area contributed by atoms with E-state index in [-0.39, 0.29) is 23.6 Å². The molecule has 172 valence electrons. The highest BCUT2D eigenvalue weighted by atomic mass is 16.6. The summed E-state index contributed by atoms with van der Waals surface area (Å²) in [5, 5.41) is 11.5. The second kappa shape index (κ2) is 10.8. The highest BCUT2D eigenvalue weighted by molar-refractivity contribution is 5.94. The summed E-state index contributed by atoms with van der Waals surface area (Å²) in [6, 6.07) is 10.5. The number of carbonyl (C=O) groups is 1. The molecule has 2 aliphatic carbocycles. The zero-order valence-corrected chi connectivity index (χ0v) is 19.7. The highest BCUT2D eigenvalue weighted by Gasteiger charge is 2.56. The van der Waals surface area contributed by atoms with Gasteiger partial charge in [-0.05, 0) is 75.8 Å². The largest absolute Gasteiger partial charge is 0.507 e. The molecule has 3 unspecified atom stereocenters. The van der Waals surface area contributed by atoms with Crippen molar-refractivity contribution in [1.82, 2.24) is 0 Å². The van der Waals surface area contributed by atoms with Crippen LogP contribution in [0.25, 0.3) is 0 Å². The monoisotopic (exact) mass is 434 g/mol. The smallest absolute Gasteiger partial charge is 0.339 e. The molecule has 0 saturated heterocycles. The number of hydrogen-bond acceptors (Lipinski definition) is 3. The van der Waals surface area contributed by atoms with Gasteiger partial charge in [-0.3, -0.25) is 0 Å². The predicted molar refractivity (Wildman–Crippen MR) is 131 cm³/mol. The van der Waals surface area contributed by atoms with E-state index in [4.69, 9.17) is 4.74 Å². The molecule has 1 heterocycles. The molecular formula is C29H38O3. The van der Waals surface area contributed by atoms with Crippen LogP contribution >= 0.6 is 0 Å². The molecule has 3 aliphatic rings. The van der Waals surface area contributed by atoms with Crippen LogP contribution in [0.4, 0.5) is 0 Å². The van der Waals surface area contributed by atoms with E-state index in [0.29, 0.717) is 11.5 Å². The molecule has 1 aliphatic heterocycles. The summed E-state index contributed by atoms with van der Waals surface area (Å²) < 4.78 is 6.13. The normalized spacial score (nSPS) is 26.8. The van der Waals surface area contributed by atoms with Crippen molar-refractivity contribution in [2.75, 3.05) is 0 Å². The third-order valence-electron chi connectivity index (χ3n) is 7.24. The average molecular weight is 435 g/mol. The van der Waals surface area contributed by atoms with Crippen LogP contribution < -0.4 is 0 Å². The van der Waals surface area contributed by atoms with Gasteiger partial charge in [0.15, 0.2) is 5.60 Å². The average Bonchev–Trinajstić information content (AvgIpc) is 3.63. The van der Waals surface area contributed by atoms with E-state index < -0.39 is 5.60 Å². The van der Waals surface area contributed by atoms with Crippen LogP contribution in [0.2, 0.25) is 0 Å². The summed E-state index contributed by atoms with van der Waals surface area (Å²) in [4.78, 5) is 13.2. The van der Waals surface area contributed by atoms with Gasteiger partial charge in [0.2, 0.25) is 0 Å². The van der Waals surface area contributed by atoms with E-state index in [1.54, 1.807) is 0 Å². The van der Waals surface area contributed by atoms with Crippen molar-refractivity contribution in [1.29, 1.82) is 0 Å². The molecule has 32 heavy (non-hydrogen) atoms. The Balaban J connectivity index is 0.00000141. The number of aliphatic hydroxyl groups excluding tert-OH is 1. The first-order valence-corrected chi connectivity index (χ1v) is 12.1. The first kappa shape index (κ1) is 24.1. The Morgan fingerprint density at radius 2 is 1.91 bits per heavy atom. The maximum absolute atomic E-state index is 13.2. The highest BCUT2D eigenvalue weighted by Crippen LogP contribution is 2.53. The van der Waals surface area contributed by atoms with Crippen LogP contribution in [0.5, 0.6) is 0 Å². The number of esters is 1. The van der Waals surface area contributed by atoms with Crippen LogP contribution in [-0.4, -0.2) is 16.7 Å². The Bertz CT molecular complexity index is 875. The molecule has 0 aromatic heterocycles. The van der Waals surface area contributed by atoms with Crippen LogP contribution in [0.1, 0.15) is 64.4 Å². The van der Waals surface area contributed by atoms with Crippen molar-refractivity contribution in [2.45, 2.75) is 70.8 Å². The van der Waals surface area contributed by atoms with Crippen molar-refractivity contribution in [2.24, 2.45) is 17.8 Å². The van der Waals surface area contributed by atoms with Crippen molar-refractivity contribution < 1.29 is 14.6 Å². The predicted octanol–water partition coefficient (Wildman–Crippen LogP) is 7.27. The quantitative estimate of drug-likeness (QED) is 0.279. The third-order valence-corrected chi connectivity index (χ3v) is 7.24. The van der Waals surface area contributed by atoms with E-state index in [1.807, 2.05) is 26.0 Å². The summed E-state index contributed by atoms with van der Waals surface area (Å²) in [7, 11) is 0. The van der Waals surface area contributed by atoms with Crippen molar-refractivity contribution in [3.05, 3.63) is 84.2 Å². The number of ether oxygens (including phenoxy) is 1. The van der Waals surface area contributed by atoms with Gasteiger partial charge in [-0.2, -0.15) is 0 Å². The minimum atomic E-state index is -0.818. The zero-order valence-electron chi connectivity index (χ0n) is 19.7. The fourth-order valence-corrected chi connectivity index (χ4v) is 5.57. The number of carbonyl (C=O) groups excluding carboxylic acids is 1. The van der Waals surface area contributed by atoms with Crippen molar-refractivity contribution in [3.8, 4) is 0 Å². The first-order chi connectivity index (χ1) is 15.6. The maximum Gasteiger partial charge on any atom is 0.339 e. The molecule has 3 nitrogen and oxygen atoms in total. The standard InChI is InChI=1S/C27H34O3.C2H4/c1-3-10-20(4-2)23(21-15-16-21)24-25(28)27(30-26(24)29)18-9-8-13-22(27)17-14-19-11-6-5-7-12-19;1-2/h3-7,10-12,21-23,28H,8-9,13-18H2,1-2H3;1-2H2/b10-3-,20-4+;. The number of allylic oxidation sites excluding steroid dienone is 4. The molecule has 4 rings (SSSR count). The maximum atomic E-state index is 13.2. The Hall–Kier alpha value is -2.55. The molecule has 3 atom stereocenters. The summed E-state index contributed by atoms with van der Waals surface area (Å²) in [5.41, 5.74) is 2.13. The molecule has 1 aromatic rings. The van der Waals surface area contributed by atoms with Crippen LogP contribution in [0.15, 0.2) is 78.6 Å². The van der Waals surface area contributed by atoms with Gasteiger partial charge in [-0.25, -0.2) is 4.79 Å². The summed E-state index contributed by atoms with van der Waals surface area (Å²) in [5.74, 6) is 0.503. The van der Waals surface area contributed by atoms with Gasteiger partial charge < -0.3 is 9.84 Å². The van der Waals surface area contributed by atoms with E-state index in [2.05, 4.69) is 49.6 Å². The molecule has 0 radical (unpaired) electrons. The summed E-state index contributed by atoms with van der Waals surface area (Å²) >= 11 is 0. The molecule has 2 saturated carbocycles. The van der Waals surface area contributed by atoms with E-state index in [9.17, 15) is 9.90 Å². The van der Waals surface area contributed by atoms with E-state index in [1.165, 1.54) is 5.56 Å². The summed E-state index contributed by atoms with van der Waals surface area (Å²) in [6.45, 7) is 10.0. The zero-order chi connectivity index (χ0) is 23.1. The van der Waals surface area contributed by atoms with Crippen molar-refractivity contribution >= 4 is 5.97 Å². The van der Waals surface area contributed by atoms with Crippen LogP contribution in [0.3, 0.4) is 0 Å². The van der Waals surface area contributed by atoms with Gasteiger partial charge in [0.1, 0.15) is 5.76 Å². The fraction of sp³-hybridized carbons (Fsp3) is 0.483. The second-order valence-electron chi connectivity index (χ2n) is 9.11. The minimum Gasteiger partial charge on any atom is -0.507 e. The molecule has 0 bridgehead atoms. The van der Waals surface area contributed by atoms with Gasteiger partial charge in [0.05, 0.1) is 5.57 Å². The Morgan fingerprint density at radius 3 is 2.53 bits per heavy atom. The fourth-order valence-electron chi connectivity index (χ4n) is 5.57. The minimum absolute atomic E-state index is 0.0465. The van der Waals surface area contributed by atoms with Gasteiger partial charge in [-0.15, -0.1) is 13.2 Å². The summed E-state index contributed by atoms with van der Waals surface area (Å²) in [6.07, 6.45) is 14.1. The van der Waals surface area contributed by atoms with E-state index >= 15 is 0 Å². The number of hydrogen-bond donors (Lipinski definition) is 1. The lowest BCUT2D eigenvalue weighted by Crippen LogP contribution is -2.43. The molecule has 1 aromatic carbocycles. The van der Waals surface area contributed by atoms with E-state index in [0.717, 1.165) is 56.9 Å². The molecule has 1 spiro atoms. The van der Waals surface area contributed by atoms with Crippen molar-refractivity contribution in [3.63, 3.8) is 0 Å². The third kappa shape index (κ3) is 4.77. The molecule has 0 amide bonds. The molecule has 3 heteroatoms. The Morgan fingerprint density at radius 1 is 1.19 bits per heavy atom. The lowest BCUT2D eigenvalue weighted by molar-refractivity contribution is -0.157. The molecule has 1 N–H and O–H groups in total. The lowest BCUT2D eigenvalue weighted by Gasteiger charge is -2.40. The van der Waals surface area contributed by atoms with Gasteiger partial charge in [-0.1, -0.05) is 55.0 Å². The van der Waals surface area contributed by atoms with Gasteiger partial charge in [0, 0.05) is 11.8 Å². The number of aliphatic hydroxyl groups is 1. The van der Waals surface area contributed by atoms with Crippen LogP contribution in [-0.2, 0) is 16.0 Å². The van der Waals surface area contributed by atoms with Gasteiger partial charge >= 0.3 is 5.97 Å². The number of rotatable bonds is 7. The Kier molecular flexibility index (Phi) is 8.17. The number of benzene rings is 1. The lowest BCUT2D eigenvalue weighted by atomic mass is 9.70. The second-order valence-corrected chi connectivity index (χ2v) is 9.11. The van der Waals surface area contributed by atoms with Crippen LogP contribution in [0, 0.1) is 17.8 Å². The topological polar surface area (TPSA) is 46.5 Å². The molecule has 2 fully saturated rings.